The van der Waals surface area contributed by atoms with Crippen LogP contribution >= 0.6 is 11.8 Å². The second kappa shape index (κ2) is 10.4. The highest BCUT2D eigenvalue weighted by Gasteiger charge is 2.25. The smallest absolute Gasteiger partial charge is 0.137 e. The highest BCUT2D eigenvalue weighted by molar-refractivity contribution is 7.99. The SMILES string of the molecule is CNCc1ccc2c(c1)Sc1ccccc1N=C2N1CCN(CCOCCO)CC1. The van der Waals surface area contributed by atoms with Gasteiger partial charge in [-0.3, -0.25) is 4.90 Å². The van der Waals surface area contributed by atoms with Gasteiger partial charge in [-0.1, -0.05) is 30.0 Å². The zero-order chi connectivity index (χ0) is 20.8. The molecule has 0 aliphatic carbocycles. The van der Waals surface area contributed by atoms with Crippen molar-refractivity contribution >= 4 is 23.3 Å². The summed E-state index contributed by atoms with van der Waals surface area (Å²) < 4.78 is 5.42. The summed E-state index contributed by atoms with van der Waals surface area (Å²) in [6.07, 6.45) is 0. The highest BCUT2D eigenvalue weighted by Crippen LogP contribution is 2.41. The molecule has 0 unspecified atom stereocenters. The zero-order valence-electron chi connectivity index (χ0n) is 17.5. The minimum Gasteiger partial charge on any atom is -0.394 e. The van der Waals surface area contributed by atoms with E-state index in [0.29, 0.717) is 13.2 Å². The minimum absolute atomic E-state index is 0.0858. The first-order chi connectivity index (χ1) is 14.8. The molecule has 1 fully saturated rings. The van der Waals surface area contributed by atoms with Crippen molar-refractivity contribution in [3.63, 3.8) is 0 Å². The van der Waals surface area contributed by atoms with Crippen molar-refractivity contribution in [2.75, 3.05) is 59.6 Å². The van der Waals surface area contributed by atoms with Crippen LogP contribution in [0.15, 0.2) is 57.2 Å². The first-order valence-corrected chi connectivity index (χ1v) is 11.4. The van der Waals surface area contributed by atoms with Crippen LogP contribution in [0.25, 0.3) is 0 Å². The Morgan fingerprint density at radius 3 is 2.70 bits per heavy atom. The molecule has 7 heteroatoms. The van der Waals surface area contributed by atoms with Gasteiger partial charge in [0, 0.05) is 54.6 Å². The van der Waals surface area contributed by atoms with Gasteiger partial charge in [-0.2, -0.15) is 0 Å². The highest BCUT2D eigenvalue weighted by atomic mass is 32.2. The molecule has 0 amide bonds. The fourth-order valence-electron chi connectivity index (χ4n) is 3.86. The predicted octanol–water partition coefficient (Wildman–Crippen LogP) is 2.58. The van der Waals surface area contributed by atoms with E-state index in [1.54, 1.807) is 0 Å². The monoisotopic (exact) mass is 426 g/mol. The Labute approximate surface area is 182 Å². The third-order valence-corrected chi connectivity index (χ3v) is 6.56. The Morgan fingerprint density at radius 1 is 1.07 bits per heavy atom. The van der Waals surface area contributed by atoms with Crippen LogP contribution in [0, 0.1) is 0 Å². The summed E-state index contributed by atoms with van der Waals surface area (Å²) in [7, 11) is 1.98. The fraction of sp³-hybridized carbons (Fsp3) is 0.435. The number of amidine groups is 1. The van der Waals surface area contributed by atoms with Gasteiger partial charge in [0.15, 0.2) is 0 Å². The number of hydrogen-bond acceptors (Lipinski definition) is 7. The number of piperazine rings is 1. The van der Waals surface area contributed by atoms with Gasteiger partial charge in [-0.15, -0.1) is 0 Å². The molecule has 2 heterocycles. The van der Waals surface area contributed by atoms with E-state index in [9.17, 15) is 0 Å². The van der Waals surface area contributed by atoms with E-state index in [1.165, 1.54) is 20.9 Å². The molecule has 4 rings (SSSR count). The summed E-state index contributed by atoms with van der Waals surface area (Å²) >= 11 is 1.81. The molecule has 30 heavy (non-hydrogen) atoms. The van der Waals surface area contributed by atoms with Gasteiger partial charge >= 0.3 is 0 Å². The van der Waals surface area contributed by atoms with Crippen LogP contribution in [0.2, 0.25) is 0 Å². The molecule has 0 bridgehead atoms. The van der Waals surface area contributed by atoms with E-state index in [-0.39, 0.29) is 6.61 Å². The average Bonchev–Trinajstić information content (AvgIpc) is 2.94. The molecule has 2 aromatic rings. The lowest BCUT2D eigenvalue weighted by Gasteiger charge is -2.36. The van der Waals surface area contributed by atoms with Crippen molar-refractivity contribution in [2.45, 2.75) is 16.3 Å². The van der Waals surface area contributed by atoms with Gasteiger partial charge in [0.2, 0.25) is 0 Å². The number of hydrogen-bond donors (Lipinski definition) is 2. The number of benzene rings is 2. The number of aliphatic imine (C=N–C) groups is 1. The van der Waals surface area contributed by atoms with E-state index in [2.05, 4.69) is 57.6 Å². The van der Waals surface area contributed by atoms with E-state index in [0.717, 1.165) is 50.8 Å². The van der Waals surface area contributed by atoms with Crippen molar-refractivity contribution in [2.24, 2.45) is 4.99 Å². The van der Waals surface area contributed by atoms with Crippen LogP contribution in [0.1, 0.15) is 11.1 Å². The van der Waals surface area contributed by atoms with E-state index >= 15 is 0 Å². The van der Waals surface area contributed by atoms with E-state index < -0.39 is 0 Å². The Morgan fingerprint density at radius 2 is 1.90 bits per heavy atom. The quantitative estimate of drug-likeness (QED) is 0.664. The van der Waals surface area contributed by atoms with Crippen molar-refractivity contribution in [1.82, 2.24) is 15.1 Å². The number of fused-ring (bicyclic) bond motifs is 2. The predicted molar refractivity (Wildman–Crippen MR) is 122 cm³/mol. The van der Waals surface area contributed by atoms with Crippen LogP contribution in [0.5, 0.6) is 0 Å². The van der Waals surface area contributed by atoms with Crippen molar-refractivity contribution in [1.29, 1.82) is 0 Å². The molecule has 2 N–H and O–H groups in total. The number of ether oxygens (including phenoxy) is 1. The number of nitrogens with one attached hydrogen (secondary N) is 1. The van der Waals surface area contributed by atoms with Crippen molar-refractivity contribution < 1.29 is 9.84 Å². The lowest BCUT2D eigenvalue weighted by Crippen LogP contribution is -2.49. The molecule has 2 aliphatic heterocycles. The lowest BCUT2D eigenvalue weighted by molar-refractivity contribution is 0.0652. The average molecular weight is 427 g/mol. The van der Waals surface area contributed by atoms with Crippen LogP contribution in [-0.2, 0) is 11.3 Å². The second-order valence-corrected chi connectivity index (χ2v) is 8.61. The minimum atomic E-state index is 0.0858. The number of aliphatic hydroxyl groups is 1. The molecule has 2 aromatic carbocycles. The van der Waals surface area contributed by atoms with Crippen LogP contribution in [-0.4, -0.2) is 80.3 Å². The molecule has 6 nitrogen and oxygen atoms in total. The molecule has 0 aromatic heterocycles. The third kappa shape index (κ3) is 5.04. The Hall–Kier alpha value is -1.90. The topological polar surface area (TPSA) is 60.3 Å². The van der Waals surface area contributed by atoms with Gasteiger partial charge in [-0.25, -0.2) is 4.99 Å². The largest absolute Gasteiger partial charge is 0.394 e. The molecule has 160 valence electrons. The maximum absolute atomic E-state index is 8.84. The number of nitrogens with zero attached hydrogens (tertiary/aromatic N) is 3. The molecule has 0 spiro atoms. The van der Waals surface area contributed by atoms with Gasteiger partial charge in [0.1, 0.15) is 5.84 Å². The lowest BCUT2D eigenvalue weighted by atomic mass is 10.1. The van der Waals surface area contributed by atoms with Crippen molar-refractivity contribution in [3.8, 4) is 0 Å². The third-order valence-electron chi connectivity index (χ3n) is 5.44. The summed E-state index contributed by atoms with van der Waals surface area (Å²) in [5, 5.41) is 12.1. The normalized spacial score (nSPS) is 16.6. The Bertz CT molecular complexity index is 881. The molecule has 1 saturated heterocycles. The fourth-order valence-corrected chi connectivity index (χ4v) is 4.94. The molecular weight excluding hydrogens is 396 g/mol. The Balaban J connectivity index is 1.54. The molecule has 2 aliphatic rings. The first kappa shape index (κ1) is 21.3. The van der Waals surface area contributed by atoms with Gasteiger partial charge in [-0.05, 0) is 36.9 Å². The van der Waals surface area contributed by atoms with Crippen molar-refractivity contribution in [3.05, 3.63) is 53.6 Å². The standard InChI is InChI=1S/C23H30N4O2S/c1-24-17-18-6-7-19-22(16-18)30-21-5-3-2-4-20(21)25-23(19)27-10-8-26(9-11-27)12-14-29-15-13-28/h2-7,16,24,28H,8-15,17H2,1H3. The van der Waals surface area contributed by atoms with Gasteiger partial charge in [0.05, 0.1) is 25.5 Å². The summed E-state index contributed by atoms with van der Waals surface area (Å²) in [4.78, 5) is 12.4. The number of rotatable bonds is 7. The van der Waals surface area contributed by atoms with Crippen LogP contribution in [0.4, 0.5) is 5.69 Å². The maximum Gasteiger partial charge on any atom is 0.137 e. The summed E-state index contributed by atoms with van der Waals surface area (Å²) in [6, 6.07) is 15.1. The number of aliphatic hydroxyl groups excluding tert-OH is 1. The second-order valence-electron chi connectivity index (χ2n) is 7.53. The van der Waals surface area contributed by atoms with Gasteiger partial charge < -0.3 is 20.1 Å². The van der Waals surface area contributed by atoms with E-state index in [1.807, 2.05) is 18.8 Å². The van der Waals surface area contributed by atoms with Gasteiger partial charge in [0.25, 0.3) is 0 Å². The molecular formula is C23H30N4O2S. The first-order valence-electron chi connectivity index (χ1n) is 10.6. The van der Waals surface area contributed by atoms with Crippen LogP contribution in [0.3, 0.4) is 0 Å². The van der Waals surface area contributed by atoms with E-state index in [4.69, 9.17) is 14.8 Å². The maximum atomic E-state index is 8.84. The summed E-state index contributed by atoms with van der Waals surface area (Å²) in [6.45, 7) is 6.81. The van der Waals surface area contributed by atoms with Crippen LogP contribution < -0.4 is 5.32 Å². The molecule has 0 saturated carbocycles. The zero-order valence-corrected chi connectivity index (χ0v) is 18.3. The Kier molecular flexibility index (Phi) is 7.41. The molecule has 0 atom stereocenters. The summed E-state index contributed by atoms with van der Waals surface area (Å²) in [5.41, 5.74) is 3.55. The number of para-hydroxylation sites is 1. The molecule has 0 radical (unpaired) electrons. The summed E-state index contributed by atoms with van der Waals surface area (Å²) in [5.74, 6) is 1.08.